The molecule has 4 rings (SSSR count). The van der Waals surface area contributed by atoms with Crippen molar-refractivity contribution in [1.29, 1.82) is 0 Å². The largest absolute Gasteiger partial charge is 0.489 e. The Kier molecular flexibility index (Phi) is 6.65. The van der Waals surface area contributed by atoms with Gasteiger partial charge in [-0.2, -0.15) is 13.2 Å². The molecule has 0 unspecified atom stereocenters. The summed E-state index contributed by atoms with van der Waals surface area (Å²) in [4.78, 5) is 27.2. The van der Waals surface area contributed by atoms with Gasteiger partial charge in [-0.25, -0.2) is 15.0 Å². The maximum Gasteiger partial charge on any atom is 0.433 e. The Hall–Kier alpha value is -2.95. The van der Waals surface area contributed by atoms with Crippen LogP contribution in [-0.4, -0.2) is 52.3 Å². The fourth-order valence-electron chi connectivity index (χ4n) is 4.16. The maximum absolute atomic E-state index is 12.7. The van der Waals surface area contributed by atoms with Crippen LogP contribution in [0.2, 0.25) is 0 Å². The molecule has 0 saturated heterocycles. The molecule has 2 aromatic rings. The molecule has 190 valence electrons. The summed E-state index contributed by atoms with van der Waals surface area (Å²) in [5, 5.41) is 2.92. The van der Waals surface area contributed by atoms with Gasteiger partial charge in [0.25, 0.3) is 0 Å². The fourth-order valence-corrected chi connectivity index (χ4v) is 4.16. The van der Waals surface area contributed by atoms with Crippen molar-refractivity contribution in [2.24, 2.45) is 5.92 Å². The number of pyridine rings is 1. The molecule has 0 radical (unpaired) electrons. The van der Waals surface area contributed by atoms with Crippen LogP contribution < -0.4 is 15.0 Å². The maximum atomic E-state index is 12.7. The lowest BCUT2D eigenvalue weighted by atomic mass is 9.80. The number of ether oxygens (including phenoxy) is 2. The third-order valence-corrected chi connectivity index (χ3v) is 6.14. The van der Waals surface area contributed by atoms with Gasteiger partial charge in [0.2, 0.25) is 5.91 Å². The molecule has 35 heavy (non-hydrogen) atoms. The summed E-state index contributed by atoms with van der Waals surface area (Å²) >= 11 is 0. The number of alkyl halides is 3. The van der Waals surface area contributed by atoms with E-state index in [9.17, 15) is 18.0 Å². The predicted octanol–water partition coefficient (Wildman–Crippen LogP) is 4.17. The number of amides is 1. The van der Waals surface area contributed by atoms with Crippen LogP contribution in [-0.2, 0) is 22.1 Å². The molecule has 1 fully saturated rings. The lowest BCUT2D eigenvalue weighted by Gasteiger charge is -2.37. The van der Waals surface area contributed by atoms with E-state index in [0.717, 1.165) is 25.1 Å². The number of anilines is 2. The second kappa shape index (κ2) is 9.25. The highest BCUT2D eigenvalue weighted by Crippen LogP contribution is 2.36. The number of hydrogen-bond acceptors (Lipinski definition) is 7. The molecule has 0 spiro atoms. The molecule has 1 saturated carbocycles. The Morgan fingerprint density at radius 3 is 2.49 bits per heavy atom. The van der Waals surface area contributed by atoms with E-state index in [1.54, 1.807) is 0 Å². The van der Waals surface area contributed by atoms with Crippen LogP contribution in [0.3, 0.4) is 0 Å². The topological polar surface area (TPSA) is 89.5 Å². The number of fused-ring (bicyclic) bond motifs is 1. The van der Waals surface area contributed by atoms with E-state index < -0.39 is 17.9 Å². The van der Waals surface area contributed by atoms with Crippen molar-refractivity contribution in [3.05, 3.63) is 35.5 Å². The predicted molar refractivity (Wildman–Crippen MR) is 123 cm³/mol. The van der Waals surface area contributed by atoms with Crippen molar-refractivity contribution < 1.29 is 27.4 Å². The molecule has 1 amide bonds. The second-order valence-electron chi connectivity index (χ2n) is 10.1. The Labute approximate surface area is 202 Å². The molecule has 1 atom stereocenters. The van der Waals surface area contributed by atoms with Crippen LogP contribution in [0.25, 0.3) is 0 Å². The summed E-state index contributed by atoms with van der Waals surface area (Å²) in [6.07, 6.45) is -1.31. The second-order valence-corrected chi connectivity index (χ2v) is 10.1. The highest BCUT2D eigenvalue weighted by molar-refractivity contribution is 6.03. The van der Waals surface area contributed by atoms with Gasteiger partial charge in [-0.1, -0.05) is 0 Å². The van der Waals surface area contributed by atoms with Gasteiger partial charge >= 0.3 is 6.18 Å². The standard InChI is InChI=1S/C24H30F3N5O3/c1-13-20-21(32(5)17(22(33)31-20)12-34-23(2,3)4)30-19(29-13)10-14-8-16(9-14)35-15-6-7-18(28-11-15)24(25,26)27/h6-7,11,14,16-17H,8-10,12H2,1-5H3,(H,31,33)/t14?,16?,17-/m0/s1. The van der Waals surface area contributed by atoms with Crippen LogP contribution in [0, 0.1) is 12.8 Å². The van der Waals surface area contributed by atoms with E-state index in [4.69, 9.17) is 14.5 Å². The van der Waals surface area contributed by atoms with E-state index in [1.807, 2.05) is 39.6 Å². The monoisotopic (exact) mass is 493 g/mol. The van der Waals surface area contributed by atoms with Gasteiger partial charge in [-0.15, -0.1) is 0 Å². The zero-order valence-electron chi connectivity index (χ0n) is 20.4. The SMILES string of the molecule is Cc1nc(CC2CC(Oc3ccc(C(F)(F)F)nc3)C2)nc2c1NC(=O)[C@H](COC(C)(C)C)N2C. The number of halogens is 3. The number of nitrogens with zero attached hydrogens (tertiary/aromatic N) is 4. The van der Waals surface area contributed by atoms with Crippen LogP contribution in [0.4, 0.5) is 24.7 Å². The molecule has 1 N–H and O–H groups in total. The van der Waals surface area contributed by atoms with Gasteiger partial charge < -0.3 is 19.7 Å². The first kappa shape index (κ1) is 25.2. The smallest absolute Gasteiger partial charge is 0.433 e. The van der Waals surface area contributed by atoms with Gasteiger partial charge in [0.15, 0.2) is 5.82 Å². The van der Waals surface area contributed by atoms with Crippen LogP contribution >= 0.6 is 0 Å². The van der Waals surface area contributed by atoms with Gasteiger partial charge in [0, 0.05) is 13.5 Å². The first-order chi connectivity index (χ1) is 16.3. The summed E-state index contributed by atoms with van der Waals surface area (Å²) in [6.45, 7) is 7.90. The number of carbonyl (C=O) groups excluding carboxylic acids is 1. The van der Waals surface area contributed by atoms with Gasteiger partial charge in [0.1, 0.15) is 29.0 Å². The normalized spacial score (nSPS) is 22.3. The summed E-state index contributed by atoms with van der Waals surface area (Å²) in [5.74, 6) is 1.81. The molecular weight excluding hydrogens is 463 g/mol. The highest BCUT2D eigenvalue weighted by atomic mass is 19.4. The van der Waals surface area contributed by atoms with Crippen LogP contribution in [0.1, 0.15) is 50.8 Å². The van der Waals surface area contributed by atoms with E-state index >= 15 is 0 Å². The third kappa shape index (κ3) is 5.83. The average Bonchev–Trinajstić information content (AvgIpc) is 2.72. The number of aryl methyl sites for hydroxylation is 1. The number of rotatable bonds is 6. The van der Waals surface area contributed by atoms with Crippen molar-refractivity contribution in [2.75, 3.05) is 23.9 Å². The number of nitrogens with one attached hydrogen (secondary N) is 1. The first-order valence-corrected chi connectivity index (χ1v) is 11.6. The van der Waals surface area contributed by atoms with E-state index in [1.165, 1.54) is 6.07 Å². The molecule has 1 aliphatic carbocycles. The first-order valence-electron chi connectivity index (χ1n) is 11.6. The third-order valence-electron chi connectivity index (χ3n) is 6.14. The summed E-state index contributed by atoms with van der Waals surface area (Å²) in [7, 11) is 1.83. The quantitative estimate of drug-likeness (QED) is 0.646. The Morgan fingerprint density at radius 1 is 1.17 bits per heavy atom. The van der Waals surface area contributed by atoms with E-state index in [-0.39, 0.29) is 24.2 Å². The molecular formula is C24H30F3N5O3. The van der Waals surface area contributed by atoms with Gasteiger partial charge in [0.05, 0.1) is 30.2 Å². The van der Waals surface area contributed by atoms with Crippen molar-refractivity contribution in [1.82, 2.24) is 15.0 Å². The van der Waals surface area contributed by atoms with Crippen molar-refractivity contribution in [3.8, 4) is 5.75 Å². The number of carbonyl (C=O) groups is 1. The Bertz CT molecular complexity index is 1080. The van der Waals surface area contributed by atoms with Gasteiger partial charge in [-0.3, -0.25) is 4.79 Å². The van der Waals surface area contributed by atoms with E-state index in [2.05, 4.69) is 15.3 Å². The highest BCUT2D eigenvalue weighted by Gasteiger charge is 2.36. The molecule has 2 aliphatic rings. The van der Waals surface area contributed by atoms with E-state index in [0.29, 0.717) is 41.1 Å². The average molecular weight is 494 g/mol. The number of aromatic nitrogens is 3. The molecule has 1 aliphatic heterocycles. The van der Waals surface area contributed by atoms with Crippen LogP contribution in [0.5, 0.6) is 5.75 Å². The molecule has 11 heteroatoms. The fraction of sp³-hybridized carbons (Fsp3) is 0.583. The summed E-state index contributed by atoms with van der Waals surface area (Å²) in [5.41, 5.74) is -0.00111. The molecule has 0 aromatic carbocycles. The Balaban J connectivity index is 1.36. The van der Waals surface area contributed by atoms with Crippen molar-refractivity contribution >= 4 is 17.4 Å². The zero-order chi connectivity index (χ0) is 25.5. The molecule has 2 aromatic heterocycles. The van der Waals surface area contributed by atoms with Crippen molar-refractivity contribution in [2.45, 2.75) is 70.9 Å². The molecule has 8 nitrogen and oxygen atoms in total. The zero-order valence-corrected chi connectivity index (χ0v) is 20.4. The lowest BCUT2D eigenvalue weighted by molar-refractivity contribution is -0.141. The Morgan fingerprint density at radius 2 is 1.89 bits per heavy atom. The minimum absolute atomic E-state index is 0.0850. The minimum Gasteiger partial charge on any atom is -0.489 e. The molecule has 3 heterocycles. The summed E-state index contributed by atoms with van der Waals surface area (Å²) < 4.78 is 49.6. The number of likely N-dealkylation sites (N-methyl/N-ethyl adjacent to an activating group) is 1. The van der Waals surface area contributed by atoms with Crippen LogP contribution in [0.15, 0.2) is 18.3 Å². The number of hydrogen-bond donors (Lipinski definition) is 1. The minimum atomic E-state index is -4.47. The molecule has 0 bridgehead atoms. The van der Waals surface area contributed by atoms with Gasteiger partial charge in [-0.05, 0) is 58.6 Å². The van der Waals surface area contributed by atoms with Crippen molar-refractivity contribution in [3.63, 3.8) is 0 Å². The summed E-state index contributed by atoms with van der Waals surface area (Å²) in [6, 6.07) is 1.72. The lowest BCUT2D eigenvalue weighted by Crippen LogP contribution is -2.50.